The third-order valence-corrected chi connectivity index (χ3v) is 12.6. The average molecular weight is 491 g/mol. The van der Waals surface area contributed by atoms with Gasteiger partial charge < -0.3 is 5.32 Å². The van der Waals surface area contributed by atoms with Crippen LogP contribution in [-0.2, 0) is 9.59 Å². The Morgan fingerprint density at radius 1 is 1.00 bits per heavy atom. The molecular formula is C32H46N2O2. The molecule has 0 aromatic carbocycles. The van der Waals surface area contributed by atoms with Crippen molar-refractivity contribution in [3.05, 3.63) is 23.3 Å². The average Bonchev–Trinajstić information content (AvgIpc) is 2.79. The van der Waals surface area contributed by atoms with Gasteiger partial charge in [0, 0.05) is 23.3 Å². The Labute approximate surface area is 218 Å². The number of ketones is 2. The van der Waals surface area contributed by atoms with Crippen LogP contribution in [0.4, 0.5) is 0 Å². The topological polar surface area (TPSA) is 70.0 Å². The number of nitrogens with one attached hydrogen (secondary N) is 1. The lowest BCUT2D eigenvalue weighted by molar-refractivity contribution is -0.170. The van der Waals surface area contributed by atoms with Gasteiger partial charge in [0.15, 0.2) is 11.6 Å². The second kappa shape index (κ2) is 7.66. The van der Waals surface area contributed by atoms with Crippen LogP contribution in [0.2, 0.25) is 0 Å². The van der Waals surface area contributed by atoms with Gasteiger partial charge in [0.1, 0.15) is 6.07 Å². The second-order valence-electron chi connectivity index (χ2n) is 15.1. The normalized spacial score (nSPS) is 46.8. The van der Waals surface area contributed by atoms with E-state index in [1.807, 2.05) is 26.0 Å². The highest BCUT2D eigenvalue weighted by molar-refractivity contribution is 6.04. The zero-order valence-electron chi connectivity index (χ0n) is 23.8. The van der Waals surface area contributed by atoms with Gasteiger partial charge >= 0.3 is 0 Å². The molecule has 0 aromatic rings. The zero-order valence-corrected chi connectivity index (χ0v) is 23.8. The maximum atomic E-state index is 14.4. The molecule has 5 aliphatic carbocycles. The van der Waals surface area contributed by atoms with Gasteiger partial charge in [0.2, 0.25) is 0 Å². The Bertz CT molecular complexity index is 1120. The van der Waals surface area contributed by atoms with Crippen LogP contribution in [0.1, 0.15) is 93.4 Å². The van der Waals surface area contributed by atoms with E-state index in [0.717, 1.165) is 32.2 Å². The van der Waals surface area contributed by atoms with Crippen molar-refractivity contribution in [3.63, 3.8) is 0 Å². The summed E-state index contributed by atoms with van der Waals surface area (Å²) >= 11 is 0. The van der Waals surface area contributed by atoms with Crippen molar-refractivity contribution in [3.8, 4) is 6.07 Å². The van der Waals surface area contributed by atoms with Crippen LogP contribution in [0.15, 0.2) is 23.3 Å². The van der Waals surface area contributed by atoms with Gasteiger partial charge in [0.25, 0.3) is 0 Å². The van der Waals surface area contributed by atoms with E-state index in [4.69, 9.17) is 0 Å². The first-order chi connectivity index (χ1) is 16.6. The molecule has 4 heteroatoms. The van der Waals surface area contributed by atoms with E-state index in [1.54, 1.807) is 0 Å². The molecule has 0 spiro atoms. The lowest BCUT2D eigenvalue weighted by atomic mass is 9.34. The van der Waals surface area contributed by atoms with E-state index in [9.17, 15) is 14.9 Å². The van der Waals surface area contributed by atoms with E-state index in [2.05, 4.69) is 53.1 Å². The van der Waals surface area contributed by atoms with Crippen LogP contribution in [0.5, 0.6) is 0 Å². The molecule has 0 radical (unpaired) electrons. The minimum atomic E-state index is -0.612. The summed E-state index contributed by atoms with van der Waals surface area (Å²) in [4.78, 5) is 27.6. The summed E-state index contributed by atoms with van der Waals surface area (Å²) in [7, 11) is 2.06. The predicted octanol–water partition coefficient (Wildman–Crippen LogP) is 6.43. The number of fused-ring (bicyclic) bond motifs is 7. The molecule has 2 unspecified atom stereocenters. The van der Waals surface area contributed by atoms with E-state index < -0.39 is 10.8 Å². The molecule has 0 aromatic heterocycles. The summed E-state index contributed by atoms with van der Waals surface area (Å²) in [5.74, 6) is 0.779. The highest BCUT2D eigenvalue weighted by atomic mass is 16.1. The fourth-order valence-corrected chi connectivity index (χ4v) is 10.4. The Morgan fingerprint density at radius 2 is 1.67 bits per heavy atom. The number of carbonyl (C=O) groups is 2. The number of hydrogen-bond acceptors (Lipinski definition) is 4. The van der Waals surface area contributed by atoms with E-state index in [-0.39, 0.29) is 44.9 Å². The van der Waals surface area contributed by atoms with Gasteiger partial charge in [0.05, 0.1) is 5.57 Å². The standard InChI is InChI=1S/C32H46N2O2/c1-27(2)11-13-32(19-34-8)14-12-31(7)25(21(32)17-27)22(35)15-24-29(5)16-20(18-33)26(36)28(3,4)23(29)9-10-30(24,31)6/h15-16,21,23,25,34H,9-14,17,19H2,1-8H3/t21?,23?,25-,29-,30+,31+,32+/m0/s1. The van der Waals surface area contributed by atoms with Crippen molar-refractivity contribution < 1.29 is 9.59 Å². The quantitative estimate of drug-likeness (QED) is 0.484. The van der Waals surface area contributed by atoms with Crippen molar-refractivity contribution >= 4 is 11.6 Å². The maximum absolute atomic E-state index is 14.4. The summed E-state index contributed by atoms with van der Waals surface area (Å²) in [5, 5.41) is 13.4. The molecule has 4 nitrogen and oxygen atoms in total. The lowest BCUT2D eigenvalue weighted by Gasteiger charge is -2.69. The number of rotatable bonds is 2. The number of nitriles is 1. The minimum Gasteiger partial charge on any atom is -0.319 e. The molecule has 1 N–H and O–H groups in total. The first kappa shape index (κ1) is 25.9. The monoisotopic (exact) mass is 490 g/mol. The second-order valence-corrected chi connectivity index (χ2v) is 15.1. The third kappa shape index (κ3) is 3.08. The molecule has 3 saturated carbocycles. The minimum absolute atomic E-state index is 0.0331. The first-order valence-corrected chi connectivity index (χ1v) is 14.2. The molecule has 5 rings (SSSR count). The van der Waals surface area contributed by atoms with Crippen LogP contribution in [0.3, 0.4) is 0 Å². The number of allylic oxidation sites excluding steroid dienone is 4. The smallest absolute Gasteiger partial charge is 0.178 e. The van der Waals surface area contributed by atoms with Crippen LogP contribution in [-0.4, -0.2) is 25.2 Å². The number of nitrogens with zero attached hydrogens (tertiary/aromatic N) is 1. The van der Waals surface area contributed by atoms with Gasteiger partial charge in [-0.1, -0.05) is 60.1 Å². The summed E-state index contributed by atoms with van der Waals surface area (Å²) in [5.41, 5.74) is 0.604. The van der Waals surface area contributed by atoms with E-state index in [0.29, 0.717) is 11.7 Å². The molecule has 0 heterocycles. The van der Waals surface area contributed by atoms with Crippen LogP contribution in [0.25, 0.3) is 0 Å². The molecule has 5 aliphatic rings. The Balaban J connectivity index is 1.69. The summed E-state index contributed by atoms with van der Waals surface area (Å²) in [6.07, 6.45) is 11.7. The SMILES string of the molecule is CNC[C@]12CCC(C)(C)CC1[C@H]1C(=O)C=C3[C@@]4(C)C=C(C#N)C(=O)C(C)(C)C4CC[C@@]3(C)[C@]1(C)CC2. The summed E-state index contributed by atoms with van der Waals surface area (Å²) in [6.45, 7) is 16.8. The van der Waals surface area contributed by atoms with Gasteiger partial charge in [-0.05, 0) is 91.6 Å². The van der Waals surface area contributed by atoms with Crippen molar-refractivity contribution in [2.45, 2.75) is 93.4 Å². The van der Waals surface area contributed by atoms with Crippen LogP contribution < -0.4 is 5.32 Å². The fraction of sp³-hybridized carbons (Fsp3) is 0.781. The number of Topliss-reactive ketones (excluding diaryl/α,β-unsaturated/α-hetero) is 1. The van der Waals surface area contributed by atoms with E-state index in [1.165, 1.54) is 24.8 Å². The largest absolute Gasteiger partial charge is 0.319 e. The summed E-state index contributed by atoms with van der Waals surface area (Å²) in [6, 6.07) is 2.21. The predicted molar refractivity (Wildman–Crippen MR) is 143 cm³/mol. The molecule has 7 atom stereocenters. The van der Waals surface area contributed by atoms with Crippen molar-refractivity contribution in [1.82, 2.24) is 5.32 Å². The van der Waals surface area contributed by atoms with Gasteiger partial charge in [-0.25, -0.2) is 0 Å². The molecule has 196 valence electrons. The summed E-state index contributed by atoms with van der Waals surface area (Å²) < 4.78 is 0. The molecule has 0 bridgehead atoms. The van der Waals surface area contributed by atoms with Gasteiger partial charge in [-0.2, -0.15) is 5.26 Å². The van der Waals surface area contributed by atoms with Crippen molar-refractivity contribution in [1.29, 1.82) is 5.26 Å². The number of carbonyl (C=O) groups excluding carboxylic acids is 2. The number of hydrogen-bond donors (Lipinski definition) is 1. The molecular weight excluding hydrogens is 444 g/mol. The molecule has 36 heavy (non-hydrogen) atoms. The van der Waals surface area contributed by atoms with Crippen LogP contribution in [0, 0.1) is 61.6 Å². The fourth-order valence-electron chi connectivity index (χ4n) is 10.4. The van der Waals surface area contributed by atoms with Gasteiger partial charge in [-0.3, -0.25) is 9.59 Å². The highest BCUT2D eigenvalue weighted by Gasteiger charge is 2.69. The molecule has 0 amide bonds. The van der Waals surface area contributed by atoms with Crippen LogP contribution >= 0.6 is 0 Å². The lowest BCUT2D eigenvalue weighted by Crippen LogP contribution is -2.65. The Hall–Kier alpha value is -1.73. The highest BCUT2D eigenvalue weighted by Crippen LogP contribution is 2.74. The maximum Gasteiger partial charge on any atom is 0.178 e. The van der Waals surface area contributed by atoms with Crippen molar-refractivity contribution in [2.24, 2.45) is 50.2 Å². The molecule has 0 saturated heterocycles. The van der Waals surface area contributed by atoms with Crippen molar-refractivity contribution in [2.75, 3.05) is 13.6 Å². The first-order valence-electron chi connectivity index (χ1n) is 14.2. The Kier molecular flexibility index (Phi) is 5.51. The van der Waals surface area contributed by atoms with Gasteiger partial charge in [-0.15, -0.1) is 0 Å². The molecule has 0 aliphatic heterocycles. The zero-order chi connectivity index (χ0) is 26.5. The molecule has 3 fully saturated rings. The Morgan fingerprint density at radius 3 is 2.31 bits per heavy atom. The third-order valence-electron chi connectivity index (χ3n) is 12.6. The van der Waals surface area contributed by atoms with E-state index >= 15 is 0 Å².